The van der Waals surface area contributed by atoms with Crippen molar-refractivity contribution < 1.29 is 4.74 Å². The molecule has 1 rings (SSSR count). The van der Waals surface area contributed by atoms with E-state index in [0.29, 0.717) is 12.5 Å². The first-order valence-corrected chi connectivity index (χ1v) is 4.95. The second kappa shape index (κ2) is 6.32. The molecule has 0 fully saturated rings. The molecule has 0 radical (unpaired) electrons. The maximum absolute atomic E-state index is 5.40. The highest BCUT2D eigenvalue weighted by Crippen LogP contribution is 2.05. The van der Waals surface area contributed by atoms with E-state index in [1.54, 1.807) is 6.20 Å². The molecule has 0 aliphatic heterocycles. The van der Waals surface area contributed by atoms with Crippen LogP contribution in [0, 0.1) is 6.92 Å². The predicted octanol–water partition coefficient (Wildman–Crippen LogP) is 1.16. The van der Waals surface area contributed by atoms with Crippen LogP contribution >= 0.6 is 0 Å². The molecule has 0 atom stereocenters. The third kappa shape index (κ3) is 4.18. The third-order valence-corrected chi connectivity index (χ3v) is 1.72. The number of nitrogens with one attached hydrogen (secondary N) is 1. The molecule has 1 aromatic heterocycles. The molecule has 1 aromatic rings. The molecule has 0 amide bonds. The van der Waals surface area contributed by atoms with Crippen LogP contribution in [-0.4, -0.2) is 29.9 Å². The van der Waals surface area contributed by atoms with E-state index in [2.05, 4.69) is 22.4 Å². The Kier molecular flexibility index (Phi) is 4.93. The van der Waals surface area contributed by atoms with E-state index >= 15 is 0 Å². The molecule has 0 aliphatic carbocycles. The van der Waals surface area contributed by atoms with Crippen LogP contribution in [-0.2, 0) is 0 Å². The molecule has 1 heterocycles. The van der Waals surface area contributed by atoms with Gasteiger partial charge in [-0.1, -0.05) is 6.92 Å². The zero-order valence-corrected chi connectivity index (χ0v) is 8.79. The largest absolute Gasteiger partial charge is 0.475 e. The lowest BCUT2D eigenvalue weighted by molar-refractivity contribution is 0.299. The average Bonchev–Trinajstić information content (AvgIpc) is 2.18. The van der Waals surface area contributed by atoms with Crippen molar-refractivity contribution in [2.24, 2.45) is 0 Å². The lowest BCUT2D eigenvalue weighted by Crippen LogP contribution is -2.21. The number of aromatic nitrogens is 2. The molecule has 0 bridgehead atoms. The fourth-order valence-corrected chi connectivity index (χ4v) is 1.04. The van der Waals surface area contributed by atoms with E-state index in [1.165, 1.54) is 0 Å². The summed E-state index contributed by atoms with van der Waals surface area (Å²) in [5, 5.41) is 10.9. The summed E-state index contributed by atoms with van der Waals surface area (Å²) >= 11 is 0. The summed E-state index contributed by atoms with van der Waals surface area (Å²) in [7, 11) is 0. The molecular formula is C10H17N3O. The van der Waals surface area contributed by atoms with Gasteiger partial charge in [0.1, 0.15) is 6.61 Å². The van der Waals surface area contributed by atoms with Crippen LogP contribution in [0.2, 0.25) is 0 Å². The van der Waals surface area contributed by atoms with Gasteiger partial charge in [0.15, 0.2) is 0 Å². The van der Waals surface area contributed by atoms with Crippen LogP contribution in [0.25, 0.3) is 0 Å². The molecule has 0 aromatic carbocycles. The van der Waals surface area contributed by atoms with Crippen molar-refractivity contribution in [3.05, 3.63) is 17.8 Å². The summed E-state index contributed by atoms with van der Waals surface area (Å²) < 4.78 is 5.40. The SMILES string of the molecule is CCCNCCOc1cc(C)cnn1. The Morgan fingerprint density at radius 3 is 3.00 bits per heavy atom. The van der Waals surface area contributed by atoms with Gasteiger partial charge in [-0.2, -0.15) is 5.10 Å². The minimum Gasteiger partial charge on any atom is -0.475 e. The number of hydrogen-bond acceptors (Lipinski definition) is 4. The number of rotatable bonds is 6. The third-order valence-electron chi connectivity index (χ3n) is 1.72. The van der Waals surface area contributed by atoms with E-state index in [4.69, 9.17) is 4.74 Å². The zero-order chi connectivity index (χ0) is 10.2. The predicted molar refractivity (Wildman–Crippen MR) is 55.4 cm³/mol. The van der Waals surface area contributed by atoms with E-state index in [9.17, 15) is 0 Å². The van der Waals surface area contributed by atoms with Crippen LogP contribution in [0.3, 0.4) is 0 Å². The Bertz CT molecular complexity index is 265. The van der Waals surface area contributed by atoms with Gasteiger partial charge >= 0.3 is 0 Å². The Labute approximate surface area is 84.7 Å². The number of hydrogen-bond donors (Lipinski definition) is 1. The summed E-state index contributed by atoms with van der Waals surface area (Å²) in [5.74, 6) is 0.600. The molecule has 0 saturated carbocycles. The highest BCUT2D eigenvalue weighted by molar-refractivity contribution is 5.14. The van der Waals surface area contributed by atoms with Gasteiger partial charge < -0.3 is 10.1 Å². The smallest absolute Gasteiger partial charge is 0.233 e. The lowest BCUT2D eigenvalue weighted by atomic mass is 10.3. The van der Waals surface area contributed by atoms with E-state index in [0.717, 1.165) is 25.1 Å². The average molecular weight is 195 g/mol. The second-order valence-electron chi connectivity index (χ2n) is 3.17. The van der Waals surface area contributed by atoms with Gasteiger partial charge in [0.2, 0.25) is 5.88 Å². The van der Waals surface area contributed by atoms with Crippen molar-refractivity contribution in [2.75, 3.05) is 19.7 Å². The minimum atomic E-state index is 0.600. The first kappa shape index (κ1) is 10.9. The van der Waals surface area contributed by atoms with Gasteiger partial charge in [0.25, 0.3) is 0 Å². The van der Waals surface area contributed by atoms with Gasteiger partial charge in [-0.3, -0.25) is 0 Å². The molecular weight excluding hydrogens is 178 g/mol. The van der Waals surface area contributed by atoms with Crippen molar-refractivity contribution in [3.8, 4) is 5.88 Å². The minimum absolute atomic E-state index is 0.600. The van der Waals surface area contributed by atoms with Gasteiger partial charge in [-0.05, 0) is 25.5 Å². The van der Waals surface area contributed by atoms with Gasteiger partial charge in [0.05, 0.1) is 6.20 Å². The Morgan fingerprint density at radius 1 is 1.43 bits per heavy atom. The molecule has 78 valence electrons. The van der Waals surface area contributed by atoms with Gasteiger partial charge in [-0.25, -0.2) is 0 Å². The molecule has 4 nitrogen and oxygen atoms in total. The second-order valence-corrected chi connectivity index (χ2v) is 3.17. The standard InChI is InChI=1S/C10H17N3O/c1-3-4-11-5-6-14-10-7-9(2)8-12-13-10/h7-8,11H,3-6H2,1-2H3. The number of aryl methyl sites for hydroxylation is 1. The molecule has 0 aliphatic rings. The van der Waals surface area contributed by atoms with Crippen molar-refractivity contribution in [1.82, 2.24) is 15.5 Å². The summed E-state index contributed by atoms with van der Waals surface area (Å²) in [5.41, 5.74) is 1.07. The van der Waals surface area contributed by atoms with Crippen LogP contribution < -0.4 is 10.1 Å². The van der Waals surface area contributed by atoms with Crippen LogP contribution in [0.4, 0.5) is 0 Å². The lowest BCUT2D eigenvalue weighted by Gasteiger charge is -2.05. The zero-order valence-electron chi connectivity index (χ0n) is 8.79. The monoisotopic (exact) mass is 195 g/mol. The summed E-state index contributed by atoms with van der Waals surface area (Å²) in [6, 6.07) is 1.88. The van der Waals surface area contributed by atoms with Crippen molar-refractivity contribution in [1.29, 1.82) is 0 Å². The molecule has 1 N–H and O–H groups in total. The Balaban J connectivity index is 2.18. The summed E-state index contributed by atoms with van der Waals surface area (Å²) in [6.07, 6.45) is 2.85. The molecule has 0 spiro atoms. The summed E-state index contributed by atoms with van der Waals surface area (Å²) in [6.45, 7) is 6.63. The highest BCUT2D eigenvalue weighted by atomic mass is 16.5. The van der Waals surface area contributed by atoms with E-state index in [-0.39, 0.29) is 0 Å². The van der Waals surface area contributed by atoms with Gasteiger partial charge in [-0.15, -0.1) is 5.10 Å². The Morgan fingerprint density at radius 2 is 2.29 bits per heavy atom. The maximum atomic E-state index is 5.40. The topological polar surface area (TPSA) is 47.0 Å². The maximum Gasteiger partial charge on any atom is 0.233 e. The van der Waals surface area contributed by atoms with Crippen molar-refractivity contribution >= 4 is 0 Å². The fourth-order valence-electron chi connectivity index (χ4n) is 1.04. The van der Waals surface area contributed by atoms with E-state index < -0.39 is 0 Å². The first-order valence-electron chi connectivity index (χ1n) is 4.95. The molecule has 0 unspecified atom stereocenters. The van der Waals surface area contributed by atoms with Gasteiger partial charge in [0, 0.05) is 12.6 Å². The first-order chi connectivity index (χ1) is 6.83. The summed E-state index contributed by atoms with van der Waals surface area (Å²) in [4.78, 5) is 0. The molecule has 14 heavy (non-hydrogen) atoms. The van der Waals surface area contributed by atoms with Crippen LogP contribution in [0.1, 0.15) is 18.9 Å². The highest BCUT2D eigenvalue weighted by Gasteiger charge is 1.95. The fraction of sp³-hybridized carbons (Fsp3) is 0.600. The Hall–Kier alpha value is -1.16. The normalized spacial score (nSPS) is 10.1. The quantitative estimate of drug-likeness (QED) is 0.692. The van der Waals surface area contributed by atoms with E-state index in [1.807, 2.05) is 13.0 Å². The van der Waals surface area contributed by atoms with Crippen molar-refractivity contribution in [3.63, 3.8) is 0 Å². The molecule has 4 heteroatoms. The number of ether oxygens (including phenoxy) is 1. The van der Waals surface area contributed by atoms with Crippen LogP contribution in [0.5, 0.6) is 5.88 Å². The van der Waals surface area contributed by atoms with Crippen molar-refractivity contribution in [2.45, 2.75) is 20.3 Å². The number of nitrogens with zero attached hydrogens (tertiary/aromatic N) is 2. The molecule has 0 saturated heterocycles. The van der Waals surface area contributed by atoms with Crippen LogP contribution in [0.15, 0.2) is 12.3 Å².